The number of furan rings is 1. The summed E-state index contributed by atoms with van der Waals surface area (Å²) < 4.78 is 30.0. The van der Waals surface area contributed by atoms with E-state index in [1.165, 1.54) is 24.1 Å². The van der Waals surface area contributed by atoms with Crippen LogP contribution in [-0.4, -0.2) is 50.4 Å². The Kier molecular flexibility index (Phi) is 5.28. The summed E-state index contributed by atoms with van der Waals surface area (Å²) in [7, 11) is -2.52. The lowest BCUT2D eigenvalue weighted by molar-refractivity contribution is -0.137. The zero-order valence-corrected chi connectivity index (χ0v) is 11.9. The van der Waals surface area contributed by atoms with Gasteiger partial charge in [0.15, 0.2) is 5.76 Å². The van der Waals surface area contributed by atoms with E-state index < -0.39 is 21.9 Å². The van der Waals surface area contributed by atoms with Crippen molar-refractivity contribution in [2.75, 3.05) is 20.1 Å². The van der Waals surface area contributed by atoms with E-state index >= 15 is 0 Å². The summed E-state index contributed by atoms with van der Waals surface area (Å²) in [6.07, 6.45) is -0.193. The second-order valence-corrected chi connectivity index (χ2v) is 5.67. The van der Waals surface area contributed by atoms with Crippen molar-refractivity contribution in [3.05, 3.63) is 17.9 Å². The molecule has 0 aliphatic rings. The molecule has 112 valence electrons. The number of rotatable bonds is 7. The van der Waals surface area contributed by atoms with Gasteiger partial charge < -0.3 is 14.4 Å². The first kappa shape index (κ1) is 16.2. The fraction of sp³-hybridized carbons (Fsp3) is 0.455. The van der Waals surface area contributed by atoms with Gasteiger partial charge in [-0.25, -0.2) is 13.1 Å². The monoisotopic (exact) mass is 304 g/mol. The Bertz CT molecular complexity index is 592. The van der Waals surface area contributed by atoms with Crippen LogP contribution < -0.4 is 4.72 Å². The molecule has 20 heavy (non-hydrogen) atoms. The van der Waals surface area contributed by atoms with Crippen molar-refractivity contribution in [3.63, 3.8) is 0 Å². The average Bonchev–Trinajstić information content (AvgIpc) is 2.89. The minimum Gasteiger partial charge on any atom is -0.481 e. The predicted octanol–water partition coefficient (Wildman–Crippen LogP) is 0.124. The van der Waals surface area contributed by atoms with Gasteiger partial charge in [-0.1, -0.05) is 0 Å². The lowest BCUT2D eigenvalue weighted by Gasteiger charge is -2.18. The van der Waals surface area contributed by atoms with Crippen LogP contribution in [0.5, 0.6) is 0 Å². The number of carboxylic acids is 1. The van der Waals surface area contributed by atoms with Gasteiger partial charge in [0.2, 0.25) is 5.09 Å². The van der Waals surface area contributed by atoms with Crippen LogP contribution in [0.2, 0.25) is 0 Å². The first-order valence-electron chi connectivity index (χ1n) is 5.86. The van der Waals surface area contributed by atoms with E-state index in [-0.39, 0.29) is 23.8 Å². The summed E-state index contributed by atoms with van der Waals surface area (Å²) >= 11 is 0. The number of amides is 1. The number of aliphatic carboxylic acids is 1. The smallest absolute Gasteiger partial charge is 0.305 e. The van der Waals surface area contributed by atoms with Gasteiger partial charge in [0, 0.05) is 13.1 Å². The van der Waals surface area contributed by atoms with Crippen molar-refractivity contribution in [3.8, 4) is 0 Å². The molecule has 1 aromatic heterocycles. The molecule has 8 nitrogen and oxygen atoms in total. The number of nitrogens with zero attached hydrogens (tertiary/aromatic N) is 1. The van der Waals surface area contributed by atoms with Crippen LogP contribution in [-0.2, 0) is 14.8 Å². The molecule has 0 unspecified atom stereocenters. The Hall–Kier alpha value is -1.87. The van der Waals surface area contributed by atoms with Crippen molar-refractivity contribution in [1.29, 1.82) is 0 Å². The van der Waals surface area contributed by atoms with Crippen LogP contribution in [0.15, 0.2) is 21.6 Å². The Morgan fingerprint density at radius 3 is 2.55 bits per heavy atom. The maximum atomic E-state index is 12.0. The number of hydrogen-bond acceptors (Lipinski definition) is 5. The van der Waals surface area contributed by atoms with E-state index in [4.69, 9.17) is 9.52 Å². The zero-order chi connectivity index (χ0) is 15.3. The zero-order valence-electron chi connectivity index (χ0n) is 11.1. The number of carboxylic acid groups (broad SMARTS) is 1. The van der Waals surface area contributed by atoms with Crippen LogP contribution in [0.3, 0.4) is 0 Å². The summed E-state index contributed by atoms with van der Waals surface area (Å²) in [6, 6.07) is 2.42. The lowest BCUT2D eigenvalue weighted by atomic mass is 10.3. The Morgan fingerprint density at radius 1 is 1.40 bits per heavy atom. The van der Waals surface area contributed by atoms with E-state index in [9.17, 15) is 18.0 Å². The van der Waals surface area contributed by atoms with Gasteiger partial charge in [0.25, 0.3) is 15.9 Å². The van der Waals surface area contributed by atoms with E-state index in [0.717, 1.165) is 0 Å². The molecule has 0 aromatic carbocycles. The molecule has 0 bridgehead atoms. The first-order chi connectivity index (χ1) is 9.31. The number of carbonyl (C=O) groups excluding carboxylic acids is 1. The van der Waals surface area contributed by atoms with Crippen LogP contribution in [0.25, 0.3) is 0 Å². The second kappa shape index (κ2) is 6.53. The van der Waals surface area contributed by atoms with Crippen molar-refractivity contribution >= 4 is 21.9 Å². The average molecular weight is 304 g/mol. The number of carbonyl (C=O) groups is 2. The van der Waals surface area contributed by atoms with E-state index in [1.807, 2.05) is 0 Å². The van der Waals surface area contributed by atoms with Gasteiger partial charge in [-0.3, -0.25) is 9.59 Å². The van der Waals surface area contributed by atoms with Crippen molar-refractivity contribution in [2.24, 2.45) is 0 Å². The fourth-order valence-electron chi connectivity index (χ4n) is 1.47. The molecular formula is C11H16N2O6S. The van der Waals surface area contributed by atoms with Crippen LogP contribution in [0.1, 0.15) is 23.9 Å². The molecule has 2 N–H and O–H groups in total. The third kappa shape index (κ3) is 3.81. The minimum absolute atomic E-state index is 0.0273. The van der Waals surface area contributed by atoms with Gasteiger partial charge in [-0.2, -0.15) is 0 Å². The molecular weight excluding hydrogens is 288 g/mol. The molecule has 0 saturated heterocycles. The number of nitrogens with one attached hydrogen (secondary N) is 1. The van der Waals surface area contributed by atoms with Gasteiger partial charge in [0.05, 0.1) is 6.42 Å². The molecule has 1 rings (SSSR count). The van der Waals surface area contributed by atoms with Crippen molar-refractivity contribution in [2.45, 2.75) is 18.4 Å². The molecule has 1 aromatic rings. The molecule has 0 spiro atoms. The highest BCUT2D eigenvalue weighted by Gasteiger charge is 2.22. The molecule has 0 fully saturated rings. The highest BCUT2D eigenvalue weighted by Crippen LogP contribution is 2.15. The highest BCUT2D eigenvalue weighted by atomic mass is 32.2. The molecule has 0 atom stereocenters. The lowest BCUT2D eigenvalue weighted by Crippen LogP contribution is -2.32. The molecule has 0 aliphatic carbocycles. The quantitative estimate of drug-likeness (QED) is 0.739. The van der Waals surface area contributed by atoms with E-state index in [1.54, 1.807) is 6.92 Å². The predicted molar refractivity (Wildman–Crippen MR) is 68.8 cm³/mol. The second-order valence-electron chi connectivity index (χ2n) is 3.85. The minimum atomic E-state index is -3.75. The van der Waals surface area contributed by atoms with Gasteiger partial charge in [-0.15, -0.1) is 0 Å². The number of sulfonamides is 1. The van der Waals surface area contributed by atoms with Gasteiger partial charge in [0.1, 0.15) is 0 Å². The molecule has 0 radical (unpaired) electrons. The van der Waals surface area contributed by atoms with E-state index in [2.05, 4.69) is 4.72 Å². The van der Waals surface area contributed by atoms with Gasteiger partial charge >= 0.3 is 5.97 Å². The SMILES string of the molecule is CCN(CCC(=O)O)C(=O)c1ccc(S(=O)(=O)NC)o1. The standard InChI is InChI=1S/C11H16N2O6S/c1-3-13(7-6-9(14)15)11(16)8-4-5-10(19-8)20(17,18)12-2/h4-5,12H,3,6-7H2,1-2H3,(H,14,15). The summed E-state index contributed by atoms with van der Waals surface area (Å²) in [5, 5.41) is 8.24. The van der Waals surface area contributed by atoms with Crippen molar-refractivity contribution in [1.82, 2.24) is 9.62 Å². The topological polar surface area (TPSA) is 117 Å². The largest absolute Gasteiger partial charge is 0.481 e. The van der Waals surface area contributed by atoms with Crippen LogP contribution in [0.4, 0.5) is 0 Å². The molecule has 9 heteroatoms. The first-order valence-corrected chi connectivity index (χ1v) is 7.34. The van der Waals surface area contributed by atoms with Crippen LogP contribution >= 0.6 is 0 Å². The maximum absolute atomic E-state index is 12.0. The van der Waals surface area contributed by atoms with Crippen molar-refractivity contribution < 1.29 is 27.5 Å². The van der Waals surface area contributed by atoms with Gasteiger partial charge in [-0.05, 0) is 26.1 Å². The molecule has 1 heterocycles. The summed E-state index contributed by atoms with van der Waals surface area (Å²) in [4.78, 5) is 23.8. The van der Waals surface area contributed by atoms with E-state index in [0.29, 0.717) is 6.54 Å². The Balaban J connectivity index is 2.89. The summed E-state index contributed by atoms with van der Waals surface area (Å²) in [5.41, 5.74) is 0. The summed E-state index contributed by atoms with van der Waals surface area (Å²) in [6.45, 7) is 2.01. The Morgan fingerprint density at radius 2 is 2.05 bits per heavy atom. The third-order valence-corrected chi connectivity index (χ3v) is 3.88. The number of hydrogen-bond donors (Lipinski definition) is 2. The summed E-state index contributed by atoms with van der Waals surface area (Å²) in [5.74, 6) is -1.72. The third-order valence-electron chi connectivity index (χ3n) is 2.59. The normalized spacial score (nSPS) is 11.3. The fourth-order valence-corrected chi connectivity index (χ4v) is 2.12. The molecule has 0 aliphatic heterocycles. The molecule has 0 saturated carbocycles. The Labute approximate surface area is 116 Å². The maximum Gasteiger partial charge on any atom is 0.305 e. The van der Waals surface area contributed by atoms with Crippen LogP contribution in [0, 0.1) is 0 Å². The highest BCUT2D eigenvalue weighted by molar-refractivity contribution is 7.89. The molecule has 1 amide bonds.